The SMILES string of the molecule is CC/C=C/C=C/C=C/C=C/CCCCCCCC(=O)O[C@H](CO/C=C/CCCCCCCCCCCCCCCC)COP(=O)(O)OCCN. The van der Waals surface area contributed by atoms with Crippen LogP contribution in [0.15, 0.2) is 60.9 Å². The number of ether oxygens (including phenoxy) is 2. The maximum atomic E-state index is 12.5. The molecule has 3 N–H and O–H groups in total. The highest BCUT2D eigenvalue weighted by atomic mass is 31.2. The molecular formula is C41H74NO7P. The first-order valence-electron chi connectivity index (χ1n) is 19.9. The number of hydrogen-bond acceptors (Lipinski definition) is 7. The lowest BCUT2D eigenvalue weighted by molar-refractivity contribution is -0.153. The van der Waals surface area contributed by atoms with E-state index in [0.717, 1.165) is 57.8 Å². The number of carbonyl (C=O) groups excluding carboxylic acids is 1. The number of esters is 1. The molecule has 0 rings (SSSR count). The zero-order chi connectivity index (χ0) is 36.6. The van der Waals surface area contributed by atoms with Gasteiger partial charge in [0.25, 0.3) is 0 Å². The van der Waals surface area contributed by atoms with Gasteiger partial charge < -0.3 is 20.1 Å². The van der Waals surface area contributed by atoms with Crippen LogP contribution in [0.2, 0.25) is 0 Å². The maximum absolute atomic E-state index is 12.5. The Bertz CT molecular complexity index is 947. The fourth-order valence-corrected chi connectivity index (χ4v) is 5.97. The summed E-state index contributed by atoms with van der Waals surface area (Å²) in [5.41, 5.74) is 5.35. The molecule has 0 aliphatic carbocycles. The number of carbonyl (C=O) groups is 1. The van der Waals surface area contributed by atoms with Gasteiger partial charge >= 0.3 is 13.8 Å². The van der Waals surface area contributed by atoms with Gasteiger partial charge in [-0.15, -0.1) is 0 Å². The molecule has 2 atom stereocenters. The van der Waals surface area contributed by atoms with Crippen molar-refractivity contribution in [1.29, 1.82) is 0 Å². The number of unbranched alkanes of at least 4 members (excludes halogenated alkanes) is 19. The van der Waals surface area contributed by atoms with E-state index in [1.165, 1.54) is 83.5 Å². The highest BCUT2D eigenvalue weighted by Gasteiger charge is 2.25. The van der Waals surface area contributed by atoms with Crippen molar-refractivity contribution in [2.75, 3.05) is 26.4 Å². The first-order valence-corrected chi connectivity index (χ1v) is 21.4. The molecular weight excluding hydrogens is 649 g/mol. The van der Waals surface area contributed by atoms with E-state index in [1.807, 2.05) is 36.5 Å². The van der Waals surface area contributed by atoms with Crippen LogP contribution in [0.3, 0.4) is 0 Å². The summed E-state index contributed by atoms with van der Waals surface area (Å²) in [6, 6.07) is 0. The molecule has 0 bridgehead atoms. The van der Waals surface area contributed by atoms with Gasteiger partial charge in [0, 0.05) is 13.0 Å². The van der Waals surface area contributed by atoms with Gasteiger partial charge in [-0.1, -0.05) is 165 Å². The molecule has 0 fully saturated rings. The Morgan fingerprint density at radius 3 is 1.70 bits per heavy atom. The van der Waals surface area contributed by atoms with Gasteiger partial charge in [-0.3, -0.25) is 13.8 Å². The molecule has 0 spiro atoms. The Morgan fingerprint density at radius 2 is 1.14 bits per heavy atom. The van der Waals surface area contributed by atoms with Crippen molar-refractivity contribution in [3.05, 3.63) is 60.9 Å². The summed E-state index contributed by atoms with van der Waals surface area (Å²) in [7, 11) is -4.30. The number of rotatable bonds is 37. The molecule has 0 aliphatic heterocycles. The normalized spacial score (nSPS) is 14.2. The van der Waals surface area contributed by atoms with Crippen molar-refractivity contribution in [2.45, 2.75) is 168 Å². The van der Waals surface area contributed by atoms with Crippen molar-refractivity contribution >= 4 is 13.8 Å². The summed E-state index contributed by atoms with van der Waals surface area (Å²) in [5.74, 6) is -0.377. The summed E-state index contributed by atoms with van der Waals surface area (Å²) in [6.07, 6.45) is 46.1. The van der Waals surface area contributed by atoms with Crippen molar-refractivity contribution in [2.24, 2.45) is 5.73 Å². The Hall–Kier alpha value is -1.96. The third kappa shape index (κ3) is 37.3. The molecule has 0 aromatic rings. The predicted octanol–water partition coefficient (Wildman–Crippen LogP) is 11.8. The maximum Gasteiger partial charge on any atom is 0.472 e. The average molecular weight is 724 g/mol. The monoisotopic (exact) mass is 724 g/mol. The predicted molar refractivity (Wildman–Crippen MR) is 210 cm³/mol. The molecule has 0 saturated carbocycles. The van der Waals surface area contributed by atoms with E-state index in [0.29, 0.717) is 0 Å². The summed E-state index contributed by atoms with van der Waals surface area (Å²) in [6.45, 7) is 4.06. The standard InChI is InChI=1S/C41H74NO7P/c1-3-5-7-9-11-13-15-17-19-21-23-25-27-29-31-33-36-46-38-40(39-48-50(44,45)47-37-35-42)49-41(43)34-32-30-28-26-24-22-20-18-16-14-12-10-8-6-4-2/h6,8,10,12,14,16,18,20,33,36,40H,3-5,7,9,11,13,15,17,19,21-32,34-35,37-39,42H2,1-2H3,(H,44,45)/b8-6+,12-10+,16-14+,20-18+,36-33+/t40-/m1/s1. The van der Waals surface area contributed by atoms with E-state index in [4.69, 9.17) is 24.3 Å². The number of allylic oxidation sites excluding steroid dienone is 9. The molecule has 0 heterocycles. The minimum Gasteiger partial charge on any atom is -0.498 e. The Balaban J connectivity index is 4.17. The second-order valence-corrected chi connectivity index (χ2v) is 14.4. The van der Waals surface area contributed by atoms with Crippen LogP contribution in [0, 0.1) is 0 Å². The molecule has 1 unspecified atom stereocenters. The van der Waals surface area contributed by atoms with Crippen LogP contribution in [-0.4, -0.2) is 43.3 Å². The van der Waals surface area contributed by atoms with Crippen LogP contribution in [0.1, 0.15) is 162 Å². The summed E-state index contributed by atoms with van der Waals surface area (Å²) >= 11 is 0. The van der Waals surface area contributed by atoms with Gasteiger partial charge in [0.1, 0.15) is 6.61 Å². The molecule has 50 heavy (non-hydrogen) atoms. The van der Waals surface area contributed by atoms with E-state index in [1.54, 1.807) is 6.26 Å². The third-order valence-corrected chi connectivity index (χ3v) is 9.09. The van der Waals surface area contributed by atoms with Crippen LogP contribution in [-0.2, 0) is 27.9 Å². The minimum absolute atomic E-state index is 0.0206. The second-order valence-electron chi connectivity index (χ2n) is 12.9. The molecule has 8 nitrogen and oxygen atoms in total. The number of phosphoric acid groups is 1. The molecule has 9 heteroatoms. The van der Waals surface area contributed by atoms with Crippen molar-refractivity contribution < 1.29 is 32.8 Å². The van der Waals surface area contributed by atoms with Crippen molar-refractivity contribution in [3.8, 4) is 0 Å². The van der Waals surface area contributed by atoms with E-state index in [9.17, 15) is 14.3 Å². The molecule has 0 aromatic carbocycles. The lowest BCUT2D eigenvalue weighted by Crippen LogP contribution is -2.27. The van der Waals surface area contributed by atoms with E-state index in [2.05, 4.69) is 32.1 Å². The lowest BCUT2D eigenvalue weighted by atomic mass is 10.0. The quantitative estimate of drug-likeness (QED) is 0.0214. The summed E-state index contributed by atoms with van der Waals surface area (Å²) in [4.78, 5) is 22.4. The van der Waals surface area contributed by atoms with Crippen molar-refractivity contribution in [1.82, 2.24) is 0 Å². The van der Waals surface area contributed by atoms with Crippen LogP contribution in [0.4, 0.5) is 0 Å². The third-order valence-electron chi connectivity index (χ3n) is 8.11. The fourth-order valence-electron chi connectivity index (χ4n) is 5.21. The highest BCUT2D eigenvalue weighted by molar-refractivity contribution is 7.47. The Kier molecular flexibility index (Phi) is 36.8. The Labute approximate surface area is 306 Å². The van der Waals surface area contributed by atoms with E-state index >= 15 is 0 Å². The Morgan fingerprint density at radius 1 is 0.640 bits per heavy atom. The van der Waals surface area contributed by atoms with Crippen molar-refractivity contribution in [3.63, 3.8) is 0 Å². The van der Waals surface area contributed by atoms with Gasteiger partial charge in [0.15, 0.2) is 6.10 Å². The zero-order valence-corrected chi connectivity index (χ0v) is 32.8. The molecule has 290 valence electrons. The number of phosphoric ester groups is 1. The van der Waals surface area contributed by atoms with Gasteiger partial charge in [-0.05, 0) is 44.6 Å². The van der Waals surface area contributed by atoms with Gasteiger partial charge in [-0.2, -0.15) is 0 Å². The minimum atomic E-state index is -4.30. The first kappa shape index (κ1) is 48.0. The van der Waals surface area contributed by atoms with E-state index < -0.39 is 13.9 Å². The molecule has 0 aliphatic rings. The van der Waals surface area contributed by atoms with Crippen LogP contribution < -0.4 is 5.73 Å². The van der Waals surface area contributed by atoms with E-state index in [-0.39, 0.29) is 38.8 Å². The number of hydrogen-bond donors (Lipinski definition) is 2. The molecule has 0 amide bonds. The fraction of sp³-hybridized carbons (Fsp3) is 0.732. The summed E-state index contributed by atoms with van der Waals surface area (Å²) in [5, 5.41) is 0. The largest absolute Gasteiger partial charge is 0.498 e. The zero-order valence-electron chi connectivity index (χ0n) is 31.9. The van der Waals surface area contributed by atoms with Crippen LogP contribution in [0.25, 0.3) is 0 Å². The first-order chi connectivity index (χ1) is 24.4. The van der Waals surface area contributed by atoms with Gasteiger partial charge in [0.2, 0.25) is 0 Å². The van der Waals surface area contributed by atoms with Gasteiger partial charge in [0.05, 0.1) is 19.5 Å². The van der Waals surface area contributed by atoms with Crippen LogP contribution >= 0.6 is 7.82 Å². The lowest BCUT2D eigenvalue weighted by Gasteiger charge is -2.19. The highest BCUT2D eigenvalue weighted by Crippen LogP contribution is 2.43. The van der Waals surface area contributed by atoms with Crippen LogP contribution in [0.5, 0.6) is 0 Å². The van der Waals surface area contributed by atoms with Gasteiger partial charge in [-0.25, -0.2) is 4.57 Å². The summed E-state index contributed by atoms with van der Waals surface area (Å²) < 4.78 is 33.1. The topological polar surface area (TPSA) is 117 Å². The smallest absolute Gasteiger partial charge is 0.472 e. The molecule has 0 radical (unpaired) electrons. The number of nitrogens with two attached hydrogens (primary N) is 1. The molecule has 0 saturated heterocycles. The second kappa shape index (κ2) is 38.3. The molecule has 0 aromatic heterocycles. The average Bonchev–Trinajstić information content (AvgIpc) is 3.10.